The number of aromatic nitrogens is 4. The lowest BCUT2D eigenvalue weighted by Gasteiger charge is -2.38. The molecular weight excluding hydrogens is 320 g/mol. The number of anilines is 1. The molecule has 0 radical (unpaired) electrons. The van der Waals surface area contributed by atoms with Crippen LogP contribution in [0.5, 0.6) is 0 Å². The van der Waals surface area contributed by atoms with E-state index in [1.54, 1.807) is 6.33 Å². The number of hydrogen-bond acceptors (Lipinski definition) is 5. The Bertz CT molecular complexity index is 590. The largest absolute Gasteiger partial charge is 0.353 e. The Balaban J connectivity index is 1.82. The maximum absolute atomic E-state index is 4.46. The Morgan fingerprint density at radius 1 is 1.30 bits per heavy atom. The van der Waals surface area contributed by atoms with Gasteiger partial charge in [-0.05, 0) is 29.3 Å². The molecule has 0 aromatic carbocycles. The minimum absolute atomic E-state index is 0.656. The Morgan fingerprint density at radius 3 is 2.75 bits per heavy atom. The maximum atomic E-state index is 4.46. The molecule has 1 aliphatic rings. The van der Waals surface area contributed by atoms with Crippen molar-refractivity contribution in [1.29, 1.82) is 0 Å². The molecule has 0 bridgehead atoms. The quantitative estimate of drug-likeness (QED) is 0.927. The lowest BCUT2D eigenvalue weighted by Crippen LogP contribution is -2.49. The zero-order valence-corrected chi connectivity index (χ0v) is 13.4. The summed E-state index contributed by atoms with van der Waals surface area (Å²) in [5.41, 5.74) is 0.714. The number of piperazine rings is 1. The number of rotatable bonds is 3. The summed E-state index contributed by atoms with van der Waals surface area (Å²) in [6.45, 7) is 8.69. The lowest BCUT2D eigenvalue weighted by atomic mass is 10.2. The van der Waals surface area contributed by atoms with Crippen molar-refractivity contribution in [2.24, 2.45) is 0 Å². The number of halogens is 1. The van der Waals surface area contributed by atoms with Crippen molar-refractivity contribution in [3.8, 4) is 0 Å². The molecule has 1 N–H and O–H groups in total. The van der Waals surface area contributed by atoms with Crippen LogP contribution in [0.25, 0.3) is 11.0 Å². The maximum Gasteiger partial charge on any atom is 0.187 e. The van der Waals surface area contributed by atoms with Crippen LogP contribution in [0.1, 0.15) is 20.3 Å². The average Bonchev–Trinajstić information content (AvgIpc) is 2.88. The highest BCUT2D eigenvalue weighted by Crippen LogP contribution is 2.28. The van der Waals surface area contributed by atoms with E-state index in [9.17, 15) is 0 Å². The summed E-state index contributed by atoms with van der Waals surface area (Å²) in [7, 11) is 0. The zero-order chi connectivity index (χ0) is 14.1. The van der Waals surface area contributed by atoms with Crippen LogP contribution in [0.4, 0.5) is 5.82 Å². The van der Waals surface area contributed by atoms with Crippen LogP contribution >= 0.6 is 15.9 Å². The Hall–Kier alpha value is -1.21. The molecule has 1 fully saturated rings. The van der Waals surface area contributed by atoms with E-state index >= 15 is 0 Å². The minimum atomic E-state index is 0.656. The first-order valence-electron chi connectivity index (χ1n) is 7.04. The summed E-state index contributed by atoms with van der Waals surface area (Å²) < 4.78 is 0.854. The van der Waals surface area contributed by atoms with Crippen LogP contribution in [-0.2, 0) is 0 Å². The molecule has 1 atom stereocenters. The SMILES string of the molecule is CCC(C)N1CCN(c2ncnc3n[nH]c(Br)c23)CC1. The van der Waals surface area contributed by atoms with Gasteiger partial charge in [0.25, 0.3) is 0 Å². The molecule has 0 spiro atoms. The summed E-state index contributed by atoms with van der Waals surface area (Å²) in [6, 6.07) is 0.656. The third-order valence-corrected chi connectivity index (χ3v) is 4.69. The standard InChI is InChI=1S/C13H19BrN6/c1-3-9(2)19-4-6-20(7-5-19)13-10-11(14)17-18-12(10)15-8-16-13/h8-9H,3-7H2,1-2H3,(H,15,16,17,18). The topological polar surface area (TPSA) is 60.9 Å². The van der Waals surface area contributed by atoms with Gasteiger partial charge in [-0.2, -0.15) is 5.10 Å². The highest BCUT2D eigenvalue weighted by atomic mass is 79.9. The summed E-state index contributed by atoms with van der Waals surface area (Å²) in [4.78, 5) is 13.5. The highest BCUT2D eigenvalue weighted by molar-refractivity contribution is 9.10. The van der Waals surface area contributed by atoms with Gasteiger partial charge >= 0.3 is 0 Å². The molecule has 0 amide bonds. The molecule has 6 nitrogen and oxygen atoms in total. The van der Waals surface area contributed by atoms with Crippen molar-refractivity contribution < 1.29 is 0 Å². The highest BCUT2D eigenvalue weighted by Gasteiger charge is 2.23. The van der Waals surface area contributed by atoms with Crippen molar-refractivity contribution in [2.45, 2.75) is 26.3 Å². The summed E-state index contributed by atoms with van der Waals surface area (Å²) in [6.07, 6.45) is 2.79. The van der Waals surface area contributed by atoms with Crippen LogP contribution in [0, 0.1) is 0 Å². The van der Waals surface area contributed by atoms with E-state index in [0.717, 1.165) is 42.0 Å². The summed E-state index contributed by atoms with van der Waals surface area (Å²) >= 11 is 3.50. The molecule has 3 rings (SSSR count). The van der Waals surface area contributed by atoms with E-state index in [4.69, 9.17) is 0 Å². The van der Waals surface area contributed by atoms with Gasteiger partial charge in [-0.3, -0.25) is 10.00 Å². The fraction of sp³-hybridized carbons (Fsp3) is 0.615. The molecule has 3 heterocycles. The Morgan fingerprint density at radius 2 is 2.05 bits per heavy atom. The first-order valence-corrected chi connectivity index (χ1v) is 7.83. The molecule has 108 valence electrons. The smallest absolute Gasteiger partial charge is 0.187 e. The zero-order valence-electron chi connectivity index (χ0n) is 11.8. The van der Waals surface area contributed by atoms with E-state index in [1.165, 1.54) is 6.42 Å². The molecule has 1 unspecified atom stereocenters. The Kier molecular flexibility index (Phi) is 3.89. The fourth-order valence-corrected chi connectivity index (χ4v) is 3.12. The second-order valence-electron chi connectivity index (χ2n) is 5.21. The third-order valence-electron chi connectivity index (χ3n) is 4.11. The van der Waals surface area contributed by atoms with Gasteiger partial charge in [0.2, 0.25) is 0 Å². The molecule has 1 saturated heterocycles. The van der Waals surface area contributed by atoms with E-state index in [0.29, 0.717) is 11.7 Å². The number of aromatic amines is 1. The summed E-state index contributed by atoms with van der Waals surface area (Å²) in [5, 5.41) is 8.07. The fourth-order valence-electron chi connectivity index (χ4n) is 2.68. The van der Waals surface area contributed by atoms with Crippen molar-refractivity contribution >= 4 is 32.8 Å². The van der Waals surface area contributed by atoms with E-state index in [1.807, 2.05) is 0 Å². The van der Waals surface area contributed by atoms with Crippen molar-refractivity contribution in [2.75, 3.05) is 31.1 Å². The number of H-pyrrole nitrogens is 1. The molecule has 2 aromatic rings. The third kappa shape index (κ3) is 2.40. The average molecular weight is 339 g/mol. The van der Waals surface area contributed by atoms with Gasteiger partial charge in [0.1, 0.15) is 16.7 Å². The van der Waals surface area contributed by atoms with Crippen LogP contribution < -0.4 is 4.90 Å². The molecule has 2 aromatic heterocycles. The van der Waals surface area contributed by atoms with Crippen molar-refractivity contribution in [1.82, 2.24) is 25.1 Å². The van der Waals surface area contributed by atoms with Gasteiger partial charge in [-0.15, -0.1) is 0 Å². The lowest BCUT2D eigenvalue weighted by molar-refractivity contribution is 0.192. The van der Waals surface area contributed by atoms with Gasteiger partial charge in [0.05, 0.1) is 5.39 Å². The predicted molar refractivity (Wildman–Crippen MR) is 82.9 cm³/mol. The number of hydrogen-bond donors (Lipinski definition) is 1. The van der Waals surface area contributed by atoms with Crippen LogP contribution in [0.3, 0.4) is 0 Å². The molecule has 0 aliphatic carbocycles. The van der Waals surface area contributed by atoms with Gasteiger partial charge in [0.15, 0.2) is 5.65 Å². The van der Waals surface area contributed by atoms with E-state index in [-0.39, 0.29) is 0 Å². The van der Waals surface area contributed by atoms with Gasteiger partial charge < -0.3 is 4.90 Å². The van der Waals surface area contributed by atoms with Crippen molar-refractivity contribution in [3.63, 3.8) is 0 Å². The van der Waals surface area contributed by atoms with Gasteiger partial charge in [-0.1, -0.05) is 6.92 Å². The number of nitrogens with one attached hydrogen (secondary N) is 1. The molecule has 20 heavy (non-hydrogen) atoms. The molecular formula is C13H19BrN6. The van der Waals surface area contributed by atoms with E-state index in [2.05, 4.69) is 59.7 Å². The predicted octanol–water partition coefficient (Wildman–Crippen LogP) is 2.04. The van der Waals surface area contributed by atoms with Gasteiger partial charge in [0, 0.05) is 32.2 Å². The molecule has 0 saturated carbocycles. The van der Waals surface area contributed by atoms with Crippen LogP contribution in [0.2, 0.25) is 0 Å². The summed E-state index contributed by atoms with van der Waals surface area (Å²) in [5.74, 6) is 0.972. The second kappa shape index (κ2) is 5.65. The normalized spacial score (nSPS) is 18.6. The monoisotopic (exact) mass is 338 g/mol. The molecule has 1 aliphatic heterocycles. The second-order valence-corrected chi connectivity index (χ2v) is 6.01. The molecule has 7 heteroatoms. The van der Waals surface area contributed by atoms with Crippen LogP contribution in [-0.4, -0.2) is 57.3 Å². The van der Waals surface area contributed by atoms with Crippen molar-refractivity contribution in [3.05, 3.63) is 10.9 Å². The number of fused-ring (bicyclic) bond motifs is 1. The number of nitrogens with zero attached hydrogens (tertiary/aromatic N) is 5. The first-order chi connectivity index (χ1) is 9.70. The minimum Gasteiger partial charge on any atom is -0.353 e. The Labute approximate surface area is 126 Å². The van der Waals surface area contributed by atoms with Gasteiger partial charge in [-0.25, -0.2) is 9.97 Å². The first kappa shape index (κ1) is 13.8. The van der Waals surface area contributed by atoms with Crippen LogP contribution in [0.15, 0.2) is 10.9 Å². The van der Waals surface area contributed by atoms with E-state index < -0.39 is 0 Å².